The number of carboxylic acid groups (broad SMARTS) is 1. The predicted octanol–water partition coefficient (Wildman–Crippen LogP) is 2.87. The van der Waals surface area contributed by atoms with Gasteiger partial charge in [0.15, 0.2) is 23.0 Å². The van der Waals surface area contributed by atoms with Crippen LogP contribution in [0.4, 0.5) is 5.69 Å². The molecule has 0 radical (unpaired) electrons. The zero-order valence-electron chi connectivity index (χ0n) is 9.21. The highest BCUT2D eigenvalue weighted by Crippen LogP contribution is 2.47. The first kappa shape index (κ1) is 10.5. The van der Waals surface area contributed by atoms with Gasteiger partial charge in [0.1, 0.15) is 5.56 Å². The summed E-state index contributed by atoms with van der Waals surface area (Å²) in [7, 11) is 0. The molecule has 0 bridgehead atoms. The van der Waals surface area contributed by atoms with E-state index in [0.29, 0.717) is 22.9 Å². The van der Waals surface area contributed by atoms with Gasteiger partial charge in [-0.3, -0.25) is 0 Å². The van der Waals surface area contributed by atoms with Crippen LogP contribution in [0.15, 0.2) is 36.4 Å². The number of para-hydroxylation sites is 2. The average molecular weight is 243 g/mol. The Morgan fingerprint density at radius 1 is 1.06 bits per heavy atom. The molecule has 2 aromatic rings. The maximum absolute atomic E-state index is 11.1. The molecule has 0 fully saturated rings. The third-order valence-electron chi connectivity index (χ3n) is 2.59. The molecule has 3 rings (SSSR count). The molecule has 0 saturated heterocycles. The molecule has 1 aliphatic rings. The molecule has 0 spiro atoms. The number of carbonyl (C=O) groups is 1. The lowest BCUT2D eigenvalue weighted by Gasteiger charge is -2.21. The Hall–Kier alpha value is -2.69. The van der Waals surface area contributed by atoms with E-state index in [1.807, 2.05) is 0 Å². The summed E-state index contributed by atoms with van der Waals surface area (Å²) in [4.78, 5) is 11.1. The lowest BCUT2D eigenvalue weighted by molar-refractivity contribution is 0.0693. The minimum absolute atomic E-state index is 0.0143. The number of anilines is 1. The van der Waals surface area contributed by atoms with Crippen molar-refractivity contribution in [1.29, 1.82) is 0 Å². The largest absolute Gasteiger partial charge is 0.478 e. The summed E-state index contributed by atoms with van der Waals surface area (Å²) >= 11 is 0. The van der Waals surface area contributed by atoms with Gasteiger partial charge in [-0.25, -0.2) is 4.79 Å². The number of nitrogen functional groups attached to an aromatic ring is 1. The third-order valence-corrected chi connectivity index (χ3v) is 2.59. The van der Waals surface area contributed by atoms with Crippen molar-refractivity contribution in [2.45, 2.75) is 0 Å². The quantitative estimate of drug-likeness (QED) is 0.642. The molecule has 90 valence electrons. The number of benzene rings is 2. The molecule has 18 heavy (non-hydrogen) atoms. The first-order valence-electron chi connectivity index (χ1n) is 5.26. The molecular weight excluding hydrogens is 234 g/mol. The Morgan fingerprint density at radius 3 is 2.39 bits per heavy atom. The Labute approximate surface area is 102 Å². The lowest BCUT2D eigenvalue weighted by atomic mass is 10.1. The SMILES string of the molecule is Nc1cc2c(c(C(=O)O)c1)Oc1ccccc1O2. The fourth-order valence-electron chi connectivity index (χ4n) is 1.81. The van der Waals surface area contributed by atoms with E-state index in [4.69, 9.17) is 20.3 Å². The molecule has 0 atom stereocenters. The van der Waals surface area contributed by atoms with E-state index < -0.39 is 5.97 Å². The Kier molecular flexibility index (Phi) is 2.13. The van der Waals surface area contributed by atoms with Crippen molar-refractivity contribution in [2.24, 2.45) is 0 Å². The normalized spacial score (nSPS) is 11.8. The van der Waals surface area contributed by atoms with Crippen molar-refractivity contribution >= 4 is 11.7 Å². The molecular formula is C13H9NO4. The van der Waals surface area contributed by atoms with E-state index in [1.54, 1.807) is 24.3 Å². The zero-order chi connectivity index (χ0) is 12.7. The molecule has 0 saturated carbocycles. The minimum atomic E-state index is -1.11. The molecule has 5 heteroatoms. The second kappa shape index (κ2) is 3.66. The zero-order valence-corrected chi connectivity index (χ0v) is 9.21. The van der Waals surface area contributed by atoms with E-state index in [-0.39, 0.29) is 11.3 Å². The summed E-state index contributed by atoms with van der Waals surface area (Å²) < 4.78 is 11.1. The van der Waals surface area contributed by atoms with Crippen LogP contribution in [0.25, 0.3) is 0 Å². The van der Waals surface area contributed by atoms with Crippen molar-refractivity contribution in [3.63, 3.8) is 0 Å². The summed E-state index contributed by atoms with van der Waals surface area (Å²) in [5.74, 6) is 0.396. The van der Waals surface area contributed by atoms with Gasteiger partial charge in [-0.1, -0.05) is 12.1 Å². The number of nitrogens with two attached hydrogens (primary N) is 1. The van der Waals surface area contributed by atoms with Crippen LogP contribution in [0.2, 0.25) is 0 Å². The smallest absolute Gasteiger partial charge is 0.339 e. The first-order valence-corrected chi connectivity index (χ1v) is 5.26. The van der Waals surface area contributed by atoms with E-state index >= 15 is 0 Å². The molecule has 0 aliphatic carbocycles. The van der Waals surface area contributed by atoms with Crippen LogP contribution < -0.4 is 15.2 Å². The van der Waals surface area contributed by atoms with Gasteiger partial charge in [-0.15, -0.1) is 0 Å². The van der Waals surface area contributed by atoms with Crippen LogP contribution in [0.1, 0.15) is 10.4 Å². The van der Waals surface area contributed by atoms with Crippen molar-refractivity contribution in [1.82, 2.24) is 0 Å². The van der Waals surface area contributed by atoms with Crippen LogP contribution in [0.5, 0.6) is 23.0 Å². The van der Waals surface area contributed by atoms with Gasteiger partial charge in [-0.2, -0.15) is 0 Å². The summed E-state index contributed by atoms with van der Waals surface area (Å²) in [6.45, 7) is 0. The van der Waals surface area contributed by atoms with E-state index in [2.05, 4.69) is 0 Å². The van der Waals surface area contributed by atoms with Crippen LogP contribution in [0.3, 0.4) is 0 Å². The van der Waals surface area contributed by atoms with Crippen LogP contribution >= 0.6 is 0 Å². The maximum atomic E-state index is 11.1. The summed E-state index contributed by atoms with van der Waals surface area (Å²) in [6, 6.07) is 9.92. The molecule has 0 amide bonds. The van der Waals surface area contributed by atoms with Crippen LogP contribution in [-0.4, -0.2) is 11.1 Å². The minimum Gasteiger partial charge on any atom is -0.478 e. The van der Waals surface area contributed by atoms with E-state index in [1.165, 1.54) is 12.1 Å². The molecule has 1 aliphatic heterocycles. The Morgan fingerprint density at radius 2 is 1.72 bits per heavy atom. The van der Waals surface area contributed by atoms with Gasteiger partial charge in [-0.05, 0) is 18.2 Å². The van der Waals surface area contributed by atoms with E-state index in [9.17, 15) is 4.79 Å². The Bertz CT molecular complexity index is 651. The van der Waals surface area contributed by atoms with Gasteiger partial charge in [0.2, 0.25) is 0 Å². The lowest BCUT2D eigenvalue weighted by Crippen LogP contribution is -2.07. The second-order valence-corrected chi connectivity index (χ2v) is 3.85. The molecule has 5 nitrogen and oxygen atoms in total. The third kappa shape index (κ3) is 1.53. The summed E-state index contributed by atoms with van der Waals surface area (Å²) in [6.07, 6.45) is 0. The number of fused-ring (bicyclic) bond motifs is 2. The summed E-state index contributed by atoms with van der Waals surface area (Å²) in [5.41, 5.74) is 5.94. The van der Waals surface area contributed by atoms with Gasteiger partial charge >= 0.3 is 5.97 Å². The summed E-state index contributed by atoms with van der Waals surface area (Å²) in [5, 5.41) is 9.12. The van der Waals surface area contributed by atoms with Gasteiger partial charge in [0, 0.05) is 11.8 Å². The topological polar surface area (TPSA) is 81.8 Å². The fraction of sp³-hybridized carbons (Fsp3) is 0. The molecule has 0 aromatic heterocycles. The van der Waals surface area contributed by atoms with Crippen molar-refractivity contribution in [3.8, 4) is 23.0 Å². The van der Waals surface area contributed by atoms with Crippen molar-refractivity contribution in [2.75, 3.05) is 5.73 Å². The number of rotatable bonds is 1. The maximum Gasteiger partial charge on any atom is 0.339 e. The molecule has 1 heterocycles. The number of hydrogen-bond donors (Lipinski definition) is 2. The number of hydrogen-bond acceptors (Lipinski definition) is 4. The van der Waals surface area contributed by atoms with Gasteiger partial charge in [0.05, 0.1) is 0 Å². The second-order valence-electron chi connectivity index (χ2n) is 3.85. The molecule has 3 N–H and O–H groups in total. The highest BCUT2D eigenvalue weighted by atomic mass is 16.6. The average Bonchev–Trinajstić information content (AvgIpc) is 2.35. The van der Waals surface area contributed by atoms with Gasteiger partial charge in [0.25, 0.3) is 0 Å². The highest BCUT2D eigenvalue weighted by Gasteiger charge is 2.24. The first-order chi connectivity index (χ1) is 8.65. The van der Waals surface area contributed by atoms with Gasteiger partial charge < -0.3 is 20.3 Å². The number of carboxylic acids is 1. The fourth-order valence-corrected chi connectivity index (χ4v) is 1.81. The van der Waals surface area contributed by atoms with E-state index in [0.717, 1.165) is 0 Å². The number of aromatic carboxylic acids is 1. The molecule has 2 aromatic carbocycles. The predicted molar refractivity (Wildman–Crippen MR) is 64.4 cm³/mol. The molecule has 0 unspecified atom stereocenters. The van der Waals surface area contributed by atoms with Crippen LogP contribution in [-0.2, 0) is 0 Å². The number of ether oxygens (including phenoxy) is 2. The van der Waals surface area contributed by atoms with Crippen molar-refractivity contribution in [3.05, 3.63) is 42.0 Å². The van der Waals surface area contributed by atoms with Crippen molar-refractivity contribution < 1.29 is 19.4 Å². The monoisotopic (exact) mass is 243 g/mol. The van der Waals surface area contributed by atoms with Crippen LogP contribution in [0, 0.1) is 0 Å². The standard InChI is InChI=1S/C13H9NO4/c14-7-5-8(13(15)16)12-11(6-7)17-9-3-1-2-4-10(9)18-12/h1-6H,14H2,(H,15,16). The Balaban J connectivity index is 2.18. The highest BCUT2D eigenvalue weighted by molar-refractivity contribution is 5.94.